The third-order valence-electron chi connectivity index (χ3n) is 1.54. The van der Waals surface area contributed by atoms with Crippen LogP contribution in [0.25, 0.3) is 5.52 Å². The highest BCUT2D eigenvalue weighted by Gasteiger charge is 1.94. The first-order valence-corrected chi connectivity index (χ1v) is 3.12. The molecule has 0 aromatic carbocycles. The maximum Gasteiger partial charge on any atom is 0.117 e. The van der Waals surface area contributed by atoms with Crippen LogP contribution in [-0.4, -0.2) is 14.6 Å². The van der Waals surface area contributed by atoms with Gasteiger partial charge in [-0.15, -0.1) is 0 Å². The van der Waals surface area contributed by atoms with E-state index in [1.807, 2.05) is 19.2 Å². The van der Waals surface area contributed by atoms with Gasteiger partial charge in [0.2, 0.25) is 0 Å². The average Bonchev–Trinajstić information content (AvgIpc) is 2.36. The SMILES string of the molecule is Cc1ccnn2cncc12. The summed E-state index contributed by atoms with van der Waals surface area (Å²) in [6.07, 6.45) is 5.27. The van der Waals surface area contributed by atoms with Gasteiger partial charge < -0.3 is 0 Å². The van der Waals surface area contributed by atoms with Crippen LogP contribution in [0.5, 0.6) is 0 Å². The number of rotatable bonds is 0. The summed E-state index contributed by atoms with van der Waals surface area (Å²) in [5, 5.41) is 4.06. The Labute approximate surface area is 58.3 Å². The van der Waals surface area contributed by atoms with Crippen molar-refractivity contribution < 1.29 is 0 Å². The Bertz CT molecular complexity index is 350. The van der Waals surface area contributed by atoms with Crippen molar-refractivity contribution in [2.75, 3.05) is 0 Å². The molecule has 10 heavy (non-hydrogen) atoms. The zero-order valence-electron chi connectivity index (χ0n) is 5.65. The van der Waals surface area contributed by atoms with Gasteiger partial charge in [-0.2, -0.15) is 5.10 Å². The summed E-state index contributed by atoms with van der Waals surface area (Å²) >= 11 is 0. The fourth-order valence-electron chi connectivity index (χ4n) is 0.965. The summed E-state index contributed by atoms with van der Waals surface area (Å²) in [4.78, 5) is 3.96. The molecule has 50 valence electrons. The molecule has 0 fully saturated rings. The summed E-state index contributed by atoms with van der Waals surface area (Å²) in [6, 6.07) is 1.97. The molecule has 0 saturated carbocycles. The Morgan fingerprint density at radius 2 is 2.40 bits per heavy atom. The Morgan fingerprint density at radius 1 is 1.50 bits per heavy atom. The number of imidazole rings is 1. The molecule has 0 aliphatic rings. The Morgan fingerprint density at radius 3 is 3.20 bits per heavy atom. The van der Waals surface area contributed by atoms with Gasteiger partial charge in [0.25, 0.3) is 0 Å². The number of aromatic nitrogens is 3. The number of aryl methyl sites for hydroxylation is 1. The van der Waals surface area contributed by atoms with E-state index in [0.717, 1.165) is 5.52 Å². The van der Waals surface area contributed by atoms with E-state index < -0.39 is 0 Å². The first kappa shape index (κ1) is 5.41. The molecular weight excluding hydrogens is 126 g/mol. The largest absolute Gasteiger partial charge is 0.243 e. The average molecular weight is 133 g/mol. The lowest BCUT2D eigenvalue weighted by molar-refractivity contribution is 0.920. The zero-order valence-corrected chi connectivity index (χ0v) is 5.65. The molecule has 0 aliphatic heterocycles. The topological polar surface area (TPSA) is 30.2 Å². The monoisotopic (exact) mass is 133 g/mol. The predicted octanol–water partition coefficient (Wildman–Crippen LogP) is 1.04. The van der Waals surface area contributed by atoms with Crippen molar-refractivity contribution in [3.63, 3.8) is 0 Å². The van der Waals surface area contributed by atoms with Crippen LogP contribution in [0, 0.1) is 6.92 Å². The Balaban J connectivity index is 2.95. The van der Waals surface area contributed by atoms with Gasteiger partial charge in [-0.1, -0.05) is 0 Å². The van der Waals surface area contributed by atoms with Crippen molar-refractivity contribution in [1.82, 2.24) is 14.6 Å². The van der Waals surface area contributed by atoms with E-state index in [0.29, 0.717) is 0 Å². The van der Waals surface area contributed by atoms with Gasteiger partial charge in [0.1, 0.15) is 6.33 Å². The predicted molar refractivity (Wildman–Crippen MR) is 37.7 cm³/mol. The van der Waals surface area contributed by atoms with Crippen LogP contribution in [0.3, 0.4) is 0 Å². The van der Waals surface area contributed by atoms with E-state index in [4.69, 9.17) is 0 Å². The molecule has 3 nitrogen and oxygen atoms in total. The number of hydrogen-bond donors (Lipinski definition) is 0. The number of hydrogen-bond acceptors (Lipinski definition) is 2. The molecule has 2 heterocycles. The minimum atomic E-state index is 1.07. The smallest absolute Gasteiger partial charge is 0.117 e. The molecule has 2 rings (SSSR count). The fraction of sp³-hybridized carbons (Fsp3) is 0.143. The summed E-state index contributed by atoms with van der Waals surface area (Å²) in [5.74, 6) is 0. The third-order valence-corrected chi connectivity index (χ3v) is 1.54. The zero-order chi connectivity index (χ0) is 6.97. The highest BCUT2D eigenvalue weighted by Crippen LogP contribution is 2.04. The van der Waals surface area contributed by atoms with E-state index in [9.17, 15) is 0 Å². The quantitative estimate of drug-likeness (QED) is 0.537. The van der Waals surface area contributed by atoms with Gasteiger partial charge in [0.15, 0.2) is 0 Å². The summed E-state index contributed by atoms with van der Waals surface area (Å²) in [6.45, 7) is 2.04. The standard InChI is InChI=1S/C7H7N3/c1-6-2-3-9-10-5-8-4-7(6)10/h2-5H,1H3. The second-order valence-corrected chi connectivity index (χ2v) is 2.24. The van der Waals surface area contributed by atoms with Gasteiger partial charge in [-0.3, -0.25) is 0 Å². The molecule has 0 aliphatic carbocycles. The van der Waals surface area contributed by atoms with Gasteiger partial charge >= 0.3 is 0 Å². The number of nitrogens with zero attached hydrogens (tertiary/aromatic N) is 3. The van der Waals surface area contributed by atoms with Crippen molar-refractivity contribution in [2.45, 2.75) is 6.92 Å². The maximum absolute atomic E-state index is 4.06. The van der Waals surface area contributed by atoms with Crippen LogP contribution in [0.1, 0.15) is 5.56 Å². The molecule has 0 saturated heterocycles. The minimum Gasteiger partial charge on any atom is -0.243 e. The summed E-state index contributed by atoms with van der Waals surface area (Å²) < 4.78 is 1.76. The van der Waals surface area contributed by atoms with Crippen molar-refractivity contribution in [1.29, 1.82) is 0 Å². The molecule has 0 radical (unpaired) electrons. The lowest BCUT2D eigenvalue weighted by atomic mass is 10.3. The Kier molecular flexibility index (Phi) is 0.974. The first-order chi connectivity index (χ1) is 4.88. The molecular formula is C7H7N3. The fourth-order valence-corrected chi connectivity index (χ4v) is 0.965. The van der Waals surface area contributed by atoms with Gasteiger partial charge in [0, 0.05) is 6.20 Å². The molecule has 0 bridgehead atoms. The van der Waals surface area contributed by atoms with E-state index in [2.05, 4.69) is 10.1 Å². The van der Waals surface area contributed by atoms with Crippen molar-refractivity contribution in [3.8, 4) is 0 Å². The molecule has 0 amide bonds. The van der Waals surface area contributed by atoms with Crippen LogP contribution >= 0.6 is 0 Å². The van der Waals surface area contributed by atoms with Gasteiger partial charge in [0.05, 0.1) is 11.7 Å². The highest BCUT2D eigenvalue weighted by molar-refractivity contribution is 5.50. The van der Waals surface area contributed by atoms with Crippen LogP contribution < -0.4 is 0 Å². The van der Waals surface area contributed by atoms with Crippen LogP contribution in [0.4, 0.5) is 0 Å². The second-order valence-electron chi connectivity index (χ2n) is 2.24. The molecule has 0 atom stereocenters. The highest BCUT2D eigenvalue weighted by atomic mass is 15.2. The normalized spacial score (nSPS) is 10.5. The number of fused-ring (bicyclic) bond motifs is 1. The molecule has 2 aromatic heterocycles. The van der Waals surface area contributed by atoms with E-state index in [-0.39, 0.29) is 0 Å². The van der Waals surface area contributed by atoms with Crippen molar-refractivity contribution in [2.24, 2.45) is 0 Å². The first-order valence-electron chi connectivity index (χ1n) is 3.12. The van der Waals surface area contributed by atoms with E-state index in [1.54, 1.807) is 17.0 Å². The van der Waals surface area contributed by atoms with Gasteiger partial charge in [-0.05, 0) is 18.6 Å². The second kappa shape index (κ2) is 1.80. The molecule has 3 heteroatoms. The van der Waals surface area contributed by atoms with E-state index in [1.165, 1.54) is 5.56 Å². The van der Waals surface area contributed by atoms with Crippen LogP contribution in [0.15, 0.2) is 24.8 Å². The third kappa shape index (κ3) is 0.603. The molecule has 0 N–H and O–H groups in total. The molecule has 0 spiro atoms. The molecule has 0 unspecified atom stereocenters. The van der Waals surface area contributed by atoms with Crippen LogP contribution in [-0.2, 0) is 0 Å². The van der Waals surface area contributed by atoms with Crippen molar-refractivity contribution >= 4 is 5.52 Å². The minimum absolute atomic E-state index is 1.07. The lowest BCUT2D eigenvalue weighted by Crippen LogP contribution is -1.88. The van der Waals surface area contributed by atoms with Crippen molar-refractivity contribution in [3.05, 3.63) is 30.4 Å². The lowest BCUT2D eigenvalue weighted by Gasteiger charge is -1.93. The maximum atomic E-state index is 4.06. The molecule has 2 aromatic rings. The summed E-state index contributed by atoms with van der Waals surface area (Å²) in [7, 11) is 0. The van der Waals surface area contributed by atoms with Crippen LogP contribution in [0.2, 0.25) is 0 Å². The summed E-state index contributed by atoms with van der Waals surface area (Å²) in [5.41, 5.74) is 2.27. The van der Waals surface area contributed by atoms with Gasteiger partial charge in [-0.25, -0.2) is 9.50 Å². The van der Waals surface area contributed by atoms with E-state index >= 15 is 0 Å². The Hall–Kier alpha value is -1.38.